The van der Waals surface area contributed by atoms with Gasteiger partial charge in [-0.05, 0) is 24.6 Å². The molecule has 0 radical (unpaired) electrons. The van der Waals surface area contributed by atoms with Gasteiger partial charge in [0.2, 0.25) is 0 Å². The normalized spacial score (nSPS) is 9.81. The highest BCUT2D eigenvalue weighted by molar-refractivity contribution is 5.37. The van der Waals surface area contributed by atoms with Crippen LogP contribution in [0.2, 0.25) is 0 Å². The van der Waals surface area contributed by atoms with Crippen molar-refractivity contribution in [2.24, 2.45) is 0 Å². The minimum Gasteiger partial charge on any atom is -0.491 e. The van der Waals surface area contributed by atoms with E-state index < -0.39 is 0 Å². The predicted octanol–water partition coefficient (Wildman–Crippen LogP) is 3.77. The Morgan fingerprint density at radius 3 is 2.75 bits per heavy atom. The van der Waals surface area contributed by atoms with Gasteiger partial charge in [0.25, 0.3) is 0 Å². The number of hydrogen-bond donors (Lipinski definition) is 0. The van der Waals surface area contributed by atoms with Gasteiger partial charge >= 0.3 is 0 Å². The lowest BCUT2D eigenvalue weighted by Gasteiger charge is -2.07. The van der Waals surface area contributed by atoms with Crippen LogP contribution in [-0.4, -0.2) is 6.61 Å². The number of unbranched alkanes of at least 4 members (excludes halogenated alkanes) is 3. The largest absolute Gasteiger partial charge is 0.491 e. The molecule has 1 rings (SSSR count). The number of benzene rings is 1. The van der Waals surface area contributed by atoms with Crippen molar-refractivity contribution in [1.29, 1.82) is 0 Å². The Kier molecular flexibility index (Phi) is 5.42. The zero-order valence-corrected chi connectivity index (χ0v) is 9.63. The van der Waals surface area contributed by atoms with E-state index in [0.29, 0.717) is 12.2 Å². The molecule has 16 heavy (non-hydrogen) atoms. The van der Waals surface area contributed by atoms with Crippen LogP contribution in [0.3, 0.4) is 0 Å². The van der Waals surface area contributed by atoms with E-state index in [1.807, 2.05) is 0 Å². The van der Waals surface area contributed by atoms with Crippen molar-refractivity contribution in [3.8, 4) is 18.1 Å². The van der Waals surface area contributed by atoms with E-state index in [1.165, 1.54) is 18.9 Å². The Bertz CT molecular complexity index is 365. The molecule has 0 spiro atoms. The predicted molar refractivity (Wildman–Crippen MR) is 64.0 cm³/mol. The summed E-state index contributed by atoms with van der Waals surface area (Å²) in [5.41, 5.74) is 0.538. The van der Waals surface area contributed by atoms with Gasteiger partial charge in [0, 0.05) is 5.56 Å². The van der Waals surface area contributed by atoms with Crippen LogP contribution in [0.4, 0.5) is 4.39 Å². The summed E-state index contributed by atoms with van der Waals surface area (Å²) >= 11 is 0. The lowest BCUT2D eigenvalue weighted by Crippen LogP contribution is -1.99. The third-order valence-corrected chi connectivity index (χ3v) is 2.35. The van der Waals surface area contributed by atoms with Crippen molar-refractivity contribution >= 4 is 0 Å². The van der Waals surface area contributed by atoms with Gasteiger partial charge in [-0.2, -0.15) is 0 Å². The van der Waals surface area contributed by atoms with E-state index in [0.717, 1.165) is 12.8 Å². The molecular weight excluding hydrogens is 203 g/mol. The molecule has 2 heteroatoms. The molecule has 0 aliphatic heterocycles. The van der Waals surface area contributed by atoms with Crippen molar-refractivity contribution in [3.05, 3.63) is 29.6 Å². The van der Waals surface area contributed by atoms with Crippen molar-refractivity contribution in [1.82, 2.24) is 0 Å². The molecule has 0 saturated carbocycles. The number of terminal acetylenes is 1. The Labute approximate surface area is 96.6 Å². The molecule has 0 amide bonds. The fraction of sp³-hybridized carbons (Fsp3) is 0.429. The fourth-order valence-electron chi connectivity index (χ4n) is 1.42. The Hall–Kier alpha value is -1.49. The maximum atomic E-state index is 13.4. The van der Waals surface area contributed by atoms with Crippen LogP contribution in [0.25, 0.3) is 0 Å². The minimum absolute atomic E-state index is 0.287. The Balaban J connectivity index is 2.40. The van der Waals surface area contributed by atoms with Gasteiger partial charge < -0.3 is 4.74 Å². The average molecular weight is 220 g/mol. The molecule has 0 bridgehead atoms. The van der Waals surface area contributed by atoms with Gasteiger partial charge in [-0.25, -0.2) is 4.39 Å². The standard InChI is InChI=1S/C14H17FO/c1-3-5-6-7-10-16-14-9-8-12(4-2)11-13(14)15/h2,8-9,11H,3,5-7,10H2,1H3. The molecule has 0 unspecified atom stereocenters. The molecule has 0 aromatic heterocycles. The molecule has 0 N–H and O–H groups in total. The third kappa shape index (κ3) is 3.94. The summed E-state index contributed by atoms with van der Waals surface area (Å²) in [6, 6.07) is 4.59. The number of rotatable bonds is 6. The molecular formula is C14H17FO. The lowest BCUT2D eigenvalue weighted by atomic mass is 10.2. The summed E-state index contributed by atoms with van der Waals surface area (Å²) in [5.74, 6) is 2.29. The third-order valence-electron chi connectivity index (χ3n) is 2.35. The van der Waals surface area contributed by atoms with Crippen molar-refractivity contribution in [3.63, 3.8) is 0 Å². The smallest absolute Gasteiger partial charge is 0.166 e. The molecule has 1 aromatic carbocycles. The molecule has 0 aliphatic carbocycles. The Morgan fingerprint density at radius 1 is 1.31 bits per heavy atom. The second kappa shape index (κ2) is 6.90. The van der Waals surface area contributed by atoms with Gasteiger partial charge in [-0.1, -0.05) is 32.1 Å². The fourth-order valence-corrected chi connectivity index (χ4v) is 1.42. The first kappa shape index (κ1) is 12.6. The maximum absolute atomic E-state index is 13.4. The lowest BCUT2D eigenvalue weighted by molar-refractivity contribution is 0.290. The monoisotopic (exact) mass is 220 g/mol. The van der Waals surface area contributed by atoms with Gasteiger partial charge in [-0.15, -0.1) is 6.42 Å². The number of ether oxygens (including phenoxy) is 1. The first-order chi connectivity index (χ1) is 7.77. The molecule has 0 aliphatic rings. The van der Waals surface area contributed by atoms with Crippen LogP contribution in [0, 0.1) is 18.2 Å². The topological polar surface area (TPSA) is 9.23 Å². The molecule has 0 fully saturated rings. The minimum atomic E-state index is -0.383. The van der Waals surface area contributed by atoms with E-state index in [-0.39, 0.29) is 11.6 Å². The van der Waals surface area contributed by atoms with Gasteiger partial charge in [0.05, 0.1) is 6.61 Å². The number of hydrogen-bond acceptors (Lipinski definition) is 1. The van der Waals surface area contributed by atoms with E-state index in [9.17, 15) is 4.39 Å². The summed E-state index contributed by atoms with van der Waals surface area (Å²) in [7, 11) is 0. The highest BCUT2D eigenvalue weighted by Gasteiger charge is 2.03. The van der Waals surface area contributed by atoms with E-state index in [1.54, 1.807) is 12.1 Å². The zero-order chi connectivity index (χ0) is 11.8. The molecule has 1 nitrogen and oxygen atoms in total. The highest BCUT2D eigenvalue weighted by atomic mass is 19.1. The van der Waals surface area contributed by atoms with E-state index in [2.05, 4.69) is 12.8 Å². The van der Waals surface area contributed by atoms with Crippen LogP contribution in [0.15, 0.2) is 18.2 Å². The first-order valence-corrected chi connectivity index (χ1v) is 5.67. The molecule has 0 atom stereocenters. The zero-order valence-electron chi connectivity index (χ0n) is 9.63. The van der Waals surface area contributed by atoms with Crippen LogP contribution >= 0.6 is 0 Å². The average Bonchev–Trinajstić information content (AvgIpc) is 2.30. The number of halogens is 1. The SMILES string of the molecule is C#Cc1ccc(OCCCCCC)c(F)c1. The van der Waals surface area contributed by atoms with Crippen molar-refractivity contribution in [2.75, 3.05) is 6.61 Å². The van der Waals surface area contributed by atoms with Gasteiger partial charge in [0.15, 0.2) is 11.6 Å². The van der Waals surface area contributed by atoms with Crippen LogP contribution in [0.1, 0.15) is 38.2 Å². The van der Waals surface area contributed by atoms with E-state index in [4.69, 9.17) is 11.2 Å². The quantitative estimate of drug-likeness (QED) is 0.524. The summed E-state index contributed by atoms with van der Waals surface area (Å²) in [5, 5.41) is 0. The Morgan fingerprint density at radius 2 is 2.12 bits per heavy atom. The summed E-state index contributed by atoms with van der Waals surface area (Å²) in [4.78, 5) is 0. The van der Waals surface area contributed by atoms with Crippen LogP contribution in [0.5, 0.6) is 5.75 Å². The van der Waals surface area contributed by atoms with E-state index >= 15 is 0 Å². The summed E-state index contributed by atoms with van der Waals surface area (Å²) < 4.78 is 18.7. The summed E-state index contributed by atoms with van der Waals surface area (Å²) in [6.07, 6.45) is 9.64. The second-order valence-corrected chi connectivity index (χ2v) is 3.70. The molecule has 0 heterocycles. The molecule has 86 valence electrons. The highest BCUT2D eigenvalue weighted by Crippen LogP contribution is 2.18. The maximum Gasteiger partial charge on any atom is 0.166 e. The molecule has 1 aromatic rings. The van der Waals surface area contributed by atoms with Gasteiger partial charge in [0.1, 0.15) is 0 Å². The van der Waals surface area contributed by atoms with Crippen molar-refractivity contribution < 1.29 is 9.13 Å². The molecule has 0 saturated heterocycles. The van der Waals surface area contributed by atoms with Crippen LogP contribution < -0.4 is 4.74 Å². The van der Waals surface area contributed by atoms with Gasteiger partial charge in [-0.3, -0.25) is 0 Å². The first-order valence-electron chi connectivity index (χ1n) is 5.67. The summed E-state index contributed by atoms with van der Waals surface area (Å²) in [6.45, 7) is 2.71. The second-order valence-electron chi connectivity index (χ2n) is 3.70. The van der Waals surface area contributed by atoms with Crippen molar-refractivity contribution in [2.45, 2.75) is 32.6 Å². The van der Waals surface area contributed by atoms with Crippen LogP contribution in [-0.2, 0) is 0 Å².